The van der Waals surface area contributed by atoms with Crippen molar-refractivity contribution in [1.29, 1.82) is 0 Å². The zero-order chi connectivity index (χ0) is 13.2. The molecule has 2 aromatic carbocycles. The van der Waals surface area contributed by atoms with E-state index < -0.39 is 0 Å². The number of nitrogens with one attached hydrogen (secondary N) is 1. The summed E-state index contributed by atoms with van der Waals surface area (Å²) in [5.41, 5.74) is 12.0. The molecule has 1 aromatic heterocycles. The van der Waals surface area contributed by atoms with Crippen molar-refractivity contribution in [1.82, 2.24) is 4.98 Å². The Kier molecular flexibility index (Phi) is 3.10. The smallest absolute Gasteiger partial charge is 0.0497 e. The molecule has 0 unspecified atom stereocenters. The highest BCUT2D eigenvalue weighted by Gasteiger charge is 2.11. The van der Waals surface area contributed by atoms with Crippen molar-refractivity contribution in [3.63, 3.8) is 0 Å². The molecule has 1 heterocycles. The number of benzene rings is 2. The molecule has 0 atom stereocenters. The van der Waals surface area contributed by atoms with Crippen LogP contribution >= 0.6 is 0 Å². The molecule has 96 valence electrons. The Labute approximate surface area is 113 Å². The van der Waals surface area contributed by atoms with Crippen molar-refractivity contribution in [2.75, 3.05) is 6.54 Å². The topological polar surface area (TPSA) is 41.8 Å². The first kappa shape index (κ1) is 12.0. The summed E-state index contributed by atoms with van der Waals surface area (Å²) >= 11 is 0. The maximum Gasteiger partial charge on any atom is 0.0497 e. The van der Waals surface area contributed by atoms with E-state index in [1.807, 2.05) is 0 Å². The highest BCUT2D eigenvalue weighted by molar-refractivity contribution is 5.90. The lowest BCUT2D eigenvalue weighted by atomic mass is 10.0. The molecule has 3 N–H and O–H groups in total. The Morgan fingerprint density at radius 2 is 1.74 bits per heavy atom. The molecule has 0 radical (unpaired) electrons. The van der Waals surface area contributed by atoms with Crippen LogP contribution in [0.2, 0.25) is 0 Å². The molecular formula is C17H18N2. The predicted octanol–water partition coefficient (Wildman–Crippen LogP) is 3.64. The normalized spacial score (nSPS) is 11.1. The van der Waals surface area contributed by atoms with Gasteiger partial charge in [-0.1, -0.05) is 48.0 Å². The van der Waals surface area contributed by atoms with Crippen LogP contribution in [0, 0.1) is 6.92 Å². The van der Waals surface area contributed by atoms with Crippen molar-refractivity contribution >= 4 is 10.9 Å². The lowest BCUT2D eigenvalue weighted by Gasteiger charge is -2.04. The number of aromatic amines is 1. The highest BCUT2D eigenvalue weighted by atomic mass is 14.7. The van der Waals surface area contributed by atoms with Gasteiger partial charge in [0.2, 0.25) is 0 Å². The van der Waals surface area contributed by atoms with E-state index in [9.17, 15) is 0 Å². The first-order valence-corrected chi connectivity index (χ1v) is 6.66. The van der Waals surface area contributed by atoms with E-state index in [0.29, 0.717) is 6.54 Å². The second-order valence-electron chi connectivity index (χ2n) is 4.93. The summed E-state index contributed by atoms with van der Waals surface area (Å²) in [6, 6.07) is 17.0. The van der Waals surface area contributed by atoms with E-state index in [0.717, 1.165) is 6.42 Å². The number of H-pyrrole nitrogens is 1. The van der Waals surface area contributed by atoms with Gasteiger partial charge in [0, 0.05) is 16.6 Å². The monoisotopic (exact) mass is 250 g/mol. The molecule has 2 nitrogen and oxygen atoms in total. The molecule has 0 amide bonds. The number of hydrogen-bond donors (Lipinski definition) is 2. The Hall–Kier alpha value is -2.06. The molecular weight excluding hydrogens is 232 g/mol. The molecule has 0 spiro atoms. The van der Waals surface area contributed by atoms with Gasteiger partial charge in [-0.3, -0.25) is 0 Å². The van der Waals surface area contributed by atoms with E-state index >= 15 is 0 Å². The van der Waals surface area contributed by atoms with Gasteiger partial charge < -0.3 is 10.7 Å². The Bertz CT molecular complexity index is 693. The fourth-order valence-electron chi connectivity index (χ4n) is 2.57. The molecule has 0 bridgehead atoms. The van der Waals surface area contributed by atoms with E-state index in [4.69, 9.17) is 5.73 Å². The van der Waals surface area contributed by atoms with Crippen LogP contribution in [-0.4, -0.2) is 11.5 Å². The number of aryl methyl sites for hydroxylation is 1. The maximum absolute atomic E-state index is 5.77. The van der Waals surface area contributed by atoms with Crippen molar-refractivity contribution in [3.05, 3.63) is 59.7 Å². The Morgan fingerprint density at radius 3 is 2.47 bits per heavy atom. The van der Waals surface area contributed by atoms with Crippen LogP contribution in [0.15, 0.2) is 48.5 Å². The van der Waals surface area contributed by atoms with Crippen LogP contribution in [-0.2, 0) is 6.42 Å². The summed E-state index contributed by atoms with van der Waals surface area (Å²) in [7, 11) is 0. The van der Waals surface area contributed by atoms with E-state index in [2.05, 4.69) is 60.4 Å². The number of rotatable bonds is 3. The van der Waals surface area contributed by atoms with Gasteiger partial charge >= 0.3 is 0 Å². The first-order chi connectivity index (χ1) is 9.29. The van der Waals surface area contributed by atoms with Crippen molar-refractivity contribution in [2.45, 2.75) is 13.3 Å². The van der Waals surface area contributed by atoms with Gasteiger partial charge in [0.15, 0.2) is 0 Å². The summed E-state index contributed by atoms with van der Waals surface area (Å²) < 4.78 is 0. The lowest BCUT2D eigenvalue weighted by Crippen LogP contribution is -2.03. The van der Waals surface area contributed by atoms with Gasteiger partial charge in [0.25, 0.3) is 0 Å². The number of hydrogen-bond acceptors (Lipinski definition) is 1. The van der Waals surface area contributed by atoms with E-state index in [-0.39, 0.29) is 0 Å². The molecule has 0 aliphatic carbocycles. The molecule has 19 heavy (non-hydrogen) atoms. The predicted molar refractivity (Wildman–Crippen MR) is 81.2 cm³/mol. The van der Waals surface area contributed by atoms with Crippen LogP contribution in [0.25, 0.3) is 22.2 Å². The van der Waals surface area contributed by atoms with Crippen molar-refractivity contribution in [3.8, 4) is 11.3 Å². The van der Waals surface area contributed by atoms with Crippen LogP contribution < -0.4 is 5.73 Å². The summed E-state index contributed by atoms with van der Waals surface area (Å²) in [6.45, 7) is 2.77. The van der Waals surface area contributed by atoms with Crippen LogP contribution in [0.4, 0.5) is 0 Å². The summed E-state index contributed by atoms with van der Waals surface area (Å²) in [6.07, 6.45) is 0.896. The minimum Gasteiger partial charge on any atom is -0.354 e. The van der Waals surface area contributed by atoms with Gasteiger partial charge in [-0.05, 0) is 37.1 Å². The largest absolute Gasteiger partial charge is 0.354 e. The molecule has 0 saturated heterocycles. The number of aromatic nitrogens is 1. The average molecular weight is 250 g/mol. The molecule has 0 aliphatic rings. The van der Waals surface area contributed by atoms with Gasteiger partial charge in [-0.2, -0.15) is 0 Å². The van der Waals surface area contributed by atoms with Crippen LogP contribution in [0.3, 0.4) is 0 Å². The van der Waals surface area contributed by atoms with Crippen LogP contribution in [0.1, 0.15) is 11.1 Å². The Balaban J connectivity index is 2.21. The summed E-state index contributed by atoms with van der Waals surface area (Å²) in [5.74, 6) is 0. The lowest BCUT2D eigenvalue weighted by molar-refractivity contribution is 0.978. The fourth-order valence-corrected chi connectivity index (χ4v) is 2.57. The maximum atomic E-state index is 5.77. The number of fused-ring (bicyclic) bond motifs is 1. The molecule has 3 rings (SSSR count). The zero-order valence-electron chi connectivity index (χ0n) is 11.1. The third kappa shape index (κ3) is 2.15. The standard InChI is InChI=1S/C17H18N2/c1-12-6-8-13(9-7-12)17-15(10-11-18)14-4-2-3-5-16(14)19-17/h2-9,19H,10-11,18H2,1H3. The third-order valence-corrected chi connectivity index (χ3v) is 3.55. The van der Waals surface area contributed by atoms with E-state index in [1.54, 1.807) is 0 Å². The second-order valence-corrected chi connectivity index (χ2v) is 4.93. The number of para-hydroxylation sites is 1. The van der Waals surface area contributed by atoms with Gasteiger partial charge in [-0.25, -0.2) is 0 Å². The quantitative estimate of drug-likeness (QED) is 0.732. The Morgan fingerprint density at radius 1 is 1.00 bits per heavy atom. The first-order valence-electron chi connectivity index (χ1n) is 6.66. The molecule has 2 heteroatoms. The van der Waals surface area contributed by atoms with Crippen molar-refractivity contribution in [2.24, 2.45) is 5.73 Å². The zero-order valence-corrected chi connectivity index (χ0v) is 11.1. The van der Waals surface area contributed by atoms with Gasteiger partial charge in [0.1, 0.15) is 0 Å². The average Bonchev–Trinajstić information content (AvgIpc) is 2.79. The minimum atomic E-state index is 0.667. The molecule has 0 fully saturated rings. The van der Waals surface area contributed by atoms with Gasteiger partial charge in [-0.15, -0.1) is 0 Å². The van der Waals surface area contributed by atoms with Crippen molar-refractivity contribution < 1.29 is 0 Å². The number of nitrogens with two attached hydrogens (primary N) is 1. The molecule has 0 aliphatic heterocycles. The SMILES string of the molecule is Cc1ccc(-c2[nH]c3ccccc3c2CCN)cc1. The second kappa shape index (κ2) is 4.90. The van der Waals surface area contributed by atoms with Gasteiger partial charge in [0.05, 0.1) is 0 Å². The van der Waals surface area contributed by atoms with E-state index in [1.165, 1.54) is 33.3 Å². The molecule has 3 aromatic rings. The minimum absolute atomic E-state index is 0.667. The highest BCUT2D eigenvalue weighted by Crippen LogP contribution is 2.30. The third-order valence-electron chi connectivity index (χ3n) is 3.55. The summed E-state index contributed by atoms with van der Waals surface area (Å²) in [5, 5.41) is 1.28. The summed E-state index contributed by atoms with van der Waals surface area (Å²) in [4.78, 5) is 3.53. The molecule has 0 saturated carbocycles. The fraction of sp³-hybridized carbons (Fsp3) is 0.176. The van der Waals surface area contributed by atoms with Crippen LogP contribution in [0.5, 0.6) is 0 Å².